The summed E-state index contributed by atoms with van der Waals surface area (Å²) in [6.07, 6.45) is 1.47. The van der Waals surface area contributed by atoms with Gasteiger partial charge in [-0.2, -0.15) is 0 Å². The summed E-state index contributed by atoms with van der Waals surface area (Å²) in [6, 6.07) is 13.1. The molecule has 1 aromatic heterocycles. The lowest BCUT2D eigenvalue weighted by molar-refractivity contribution is 0.0742. The molecule has 0 radical (unpaired) electrons. The fourth-order valence-corrected chi connectivity index (χ4v) is 1.99. The molecule has 0 aliphatic heterocycles. The minimum Gasteiger partial charge on any atom is -0.332 e. The second kappa shape index (κ2) is 7.03. The molecular weight excluding hydrogens is 274 g/mol. The summed E-state index contributed by atoms with van der Waals surface area (Å²) in [5, 5.41) is 0.509. The number of nitrogens with zero attached hydrogens (tertiary/aromatic N) is 2. The number of pyridine rings is 1. The summed E-state index contributed by atoms with van der Waals surface area (Å²) in [6.45, 7) is 1.41. The number of carbonyl (C=O) groups is 1. The molecule has 1 aromatic carbocycles. The summed E-state index contributed by atoms with van der Waals surface area (Å²) in [5.74, 6) is -0.143. The molecule has 0 saturated heterocycles. The van der Waals surface area contributed by atoms with E-state index in [4.69, 9.17) is 17.3 Å². The number of rotatable bonds is 5. The van der Waals surface area contributed by atoms with Gasteiger partial charge in [-0.1, -0.05) is 41.9 Å². The number of benzene rings is 1. The summed E-state index contributed by atoms with van der Waals surface area (Å²) < 4.78 is 0. The van der Waals surface area contributed by atoms with Crippen LogP contribution < -0.4 is 5.73 Å². The first-order valence-corrected chi connectivity index (χ1v) is 6.73. The van der Waals surface area contributed by atoms with Crippen molar-refractivity contribution in [2.75, 3.05) is 13.1 Å². The van der Waals surface area contributed by atoms with Gasteiger partial charge in [0.05, 0.1) is 5.02 Å². The molecule has 2 N–H and O–H groups in total. The van der Waals surface area contributed by atoms with Gasteiger partial charge in [0, 0.05) is 25.8 Å². The van der Waals surface area contributed by atoms with E-state index in [0.717, 1.165) is 5.56 Å². The zero-order valence-electron chi connectivity index (χ0n) is 11.0. The highest BCUT2D eigenvalue weighted by Crippen LogP contribution is 2.11. The summed E-state index contributed by atoms with van der Waals surface area (Å²) >= 11 is 5.78. The molecule has 2 aromatic rings. The Bertz CT molecular complexity index is 557. The molecule has 1 amide bonds. The van der Waals surface area contributed by atoms with E-state index in [1.165, 1.54) is 6.20 Å². The zero-order chi connectivity index (χ0) is 14.4. The van der Waals surface area contributed by atoms with Crippen LogP contribution >= 0.6 is 11.6 Å². The quantitative estimate of drug-likeness (QED) is 0.919. The Morgan fingerprint density at radius 2 is 1.95 bits per heavy atom. The van der Waals surface area contributed by atoms with Crippen LogP contribution in [-0.4, -0.2) is 28.9 Å². The van der Waals surface area contributed by atoms with E-state index in [9.17, 15) is 4.79 Å². The van der Waals surface area contributed by atoms with Gasteiger partial charge in [0.2, 0.25) is 0 Å². The van der Waals surface area contributed by atoms with Gasteiger partial charge >= 0.3 is 0 Å². The Kier molecular flexibility index (Phi) is 5.09. The van der Waals surface area contributed by atoms with Crippen molar-refractivity contribution in [3.05, 3.63) is 64.9 Å². The van der Waals surface area contributed by atoms with Crippen molar-refractivity contribution in [3.63, 3.8) is 0 Å². The van der Waals surface area contributed by atoms with Crippen LogP contribution in [-0.2, 0) is 6.54 Å². The Morgan fingerprint density at radius 3 is 2.55 bits per heavy atom. The normalized spacial score (nSPS) is 10.3. The van der Waals surface area contributed by atoms with Gasteiger partial charge in [0.25, 0.3) is 5.91 Å². The third kappa shape index (κ3) is 3.79. The maximum atomic E-state index is 12.4. The van der Waals surface area contributed by atoms with E-state index >= 15 is 0 Å². The predicted octanol–water partition coefficient (Wildman–Crippen LogP) is 2.34. The largest absolute Gasteiger partial charge is 0.332 e. The Morgan fingerprint density at radius 1 is 1.20 bits per heavy atom. The number of halogens is 1. The molecular formula is C15H16ClN3O. The number of carbonyl (C=O) groups excluding carboxylic acids is 1. The molecule has 0 fully saturated rings. The second-order valence-electron chi connectivity index (χ2n) is 4.36. The highest BCUT2D eigenvalue weighted by atomic mass is 35.5. The van der Waals surface area contributed by atoms with Gasteiger partial charge < -0.3 is 10.6 Å². The smallest absolute Gasteiger partial charge is 0.272 e. The Labute approximate surface area is 123 Å². The molecule has 0 unspecified atom stereocenters. The topological polar surface area (TPSA) is 59.2 Å². The lowest BCUT2D eigenvalue weighted by Gasteiger charge is -2.21. The molecule has 0 atom stereocenters. The molecule has 20 heavy (non-hydrogen) atoms. The summed E-state index contributed by atoms with van der Waals surface area (Å²) in [4.78, 5) is 18.2. The zero-order valence-corrected chi connectivity index (χ0v) is 11.8. The molecule has 0 saturated carbocycles. The van der Waals surface area contributed by atoms with E-state index < -0.39 is 0 Å². The number of amides is 1. The molecule has 1 heterocycles. The van der Waals surface area contributed by atoms with Crippen molar-refractivity contribution in [2.24, 2.45) is 5.73 Å². The molecule has 0 aliphatic rings. The fraction of sp³-hybridized carbons (Fsp3) is 0.200. The molecule has 0 bridgehead atoms. The van der Waals surface area contributed by atoms with Gasteiger partial charge in [-0.3, -0.25) is 4.79 Å². The van der Waals surface area contributed by atoms with Crippen LogP contribution in [0.15, 0.2) is 48.7 Å². The standard InChI is InChI=1S/C15H16ClN3O/c16-13-6-7-14(18-10-13)15(20)19(9-8-17)11-12-4-2-1-3-5-12/h1-7,10H,8-9,11,17H2. The monoisotopic (exact) mass is 289 g/mol. The van der Waals surface area contributed by atoms with Crippen LogP contribution in [0, 0.1) is 0 Å². The summed E-state index contributed by atoms with van der Waals surface area (Å²) in [7, 11) is 0. The van der Waals surface area contributed by atoms with Gasteiger partial charge in [0.1, 0.15) is 5.69 Å². The Hall–Kier alpha value is -1.91. The predicted molar refractivity (Wildman–Crippen MR) is 79.5 cm³/mol. The number of aromatic nitrogens is 1. The van der Waals surface area contributed by atoms with E-state index in [1.807, 2.05) is 30.3 Å². The van der Waals surface area contributed by atoms with Gasteiger partial charge in [-0.15, -0.1) is 0 Å². The third-order valence-electron chi connectivity index (χ3n) is 2.85. The van der Waals surface area contributed by atoms with Crippen LogP contribution in [0.25, 0.3) is 0 Å². The summed E-state index contributed by atoms with van der Waals surface area (Å²) in [5.41, 5.74) is 7.02. The third-order valence-corrected chi connectivity index (χ3v) is 3.07. The van der Waals surface area contributed by atoms with E-state index in [-0.39, 0.29) is 5.91 Å². The van der Waals surface area contributed by atoms with Crippen LogP contribution in [0.1, 0.15) is 16.1 Å². The maximum Gasteiger partial charge on any atom is 0.272 e. The van der Waals surface area contributed by atoms with Crippen molar-refractivity contribution < 1.29 is 4.79 Å². The van der Waals surface area contributed by atoms with Crippen LogP contribution in [0.3, 0.4) is 0 Å². The van der Waals surface area contributed by atoms with E-state index in [1.54, 1.807) is 17.0 Å². The first-order chi connectivity index (χ1) is 9.70. The molecule has 0 aliphatic carbocycles. The maximum absolute atomic E-state index is 12.4. The first kappa shape index (κ1) is 14.5. The average Bonchev–Trinajstić information content (AvgIpc) is 2.48. The fourth-order valence-electron chi connectivity index (χ4n) is 1.88. The molecule has 5 heteroatoms. The van der Waals surface area contributed by atoms with Crippen molar-refractivity contribution >= 4 is 17.5 Å². The van der Waals surface area contributed by atoms with Gasteiger partial charge in [0.15, 0.2) is 0 Å². The van der Waals surface area contributed by atoms with Crippen molar-refractivity contribution in [3.8, 4) is 0 Å². The highest BCUT2D eigenvalue weighted by Gasteiger charge is 2.16. The highest BCUT2D eigenvalue weighted by molar-refractivity contribution is 6.30. The van der Waals surface area contributed by atoms with Gasteiger partial charge in [-0.25, -0.2) is 4.98 Å². The molecule has 2 rings (SSSR count). The van der Waals surface area contributed by atoms with Crippen molar-refractivity contribution in [1.82, 2.24) is 9.88 Å². The lowest BCUT2D eigenvalue weighted by Crippen LogP contribution is -2.35. The van der Waals surface area contributed by atoms with Crippen LogP contribution in [0.2, 0.25) is 5.02 Å². The van der Waals surface area contributed by atoms with Crippen molar-refractivity contribution in [2.45, 2.75) is 6.54 Å². The second-order valence-corrected chi connectivity index (χ2v) is 4.80. The molecule has 0 spiro atoms. The molecule has 4 nitrogen and oxygen atoms in total. The SMILES string of the molecule is NCCN(Cc1ccccc1)C(=O)c1ccc(Cl)cn1. The number of nitrogens with two attached hydrogens (primary N) is 1. The van der Waals surface area contributed by atoms with Crippen molar-refractivity contribution in [1.29, 1.82) is 0 Å². The Balaban J connectivity index is 2.15. The minimum absolute atomic E-state index is 0.143. The molecule has 104 valence electrons. The van der Waals surface area contributed by atoms with E-state index in [0.29, 0.717) is 30.4 Å². The van der Waals surface area contributed by atoms with E-state index in [2.05, 4.69) is 4.98 Å². The lowest BCUT2D eigenvalue weighted by atomic mass is 10.2. The minimum atomic E-state index is -0.143. The first-order valence-electron chi connectivity index (χ1n) is 6.35. The number of hydrogen-bond donors (Lipinski definition) is 1. The van der Waals surface area contributed by atoms with Gasteiger partial charge in [-0.05, 0) is 17.7 Å². The van der Waals surface area contributed by atoms with Crippen LogP contribution in [0.5, 0.6) is 0 Å². The number of hydrogen-bond acceptors (Lipinski definition) is 3. The van der Waals surface area contributed by atoms with Crippen LogP contribution in [0.4, 0.5) is 0 Å². The average molecular weight is 290 g/mol.